The molecule has 0 aliphatic heterocycles. The van der Waals surface area contributed by atoms with Gasteiger partial charge in [0.25, 0.3) is 0 Å². The maximum Gasteiger partial charge on any atom is 0.320 e. The first-order valence-electron chi connectivity index (χ1n) is 5.06. The van der Waals surface area contributed by atoms with Crippen LogP contribution in [-0.2, 0) is 9.15 Å². The predicted octanol–water partition coefficient (Wildman–Crippen LogP) is 1.67. The van der Waals surface area contributed by atoms with Gasteiger partial charge < -0.3 is 5.73 Å². The van der Waals surface area contributed by atoms with Crippen LogP contribution in [0.3, 0.4) is 0 Å². The molecule has 0 aromatic heterocycles. The molecule has 0 fully saturated rings. The molecule has 0 spiro atoms. The maximum absolute atomic E-state index is 10.5. The molecule has 0 radical (unpaired) electrons. The van der Waals surface area contributed by atoms with Crippen LogP contribution in [0, 0.1) is 0 Å². The highest BCUT2D eigenvalue weighted by molar-refractivity contribution is 8.70. The first-order chi connectivity index (χ1) is 8.47. The molecule has 0 unspecified atom stereocenters. The topological polar surface area (TPSA) is 92.8 Å². The Morgan fingerprint density at radius 1 is 1.33 bits per heavy atom. The van der Waals surface area contributed by atoms with Crippen LogP contribution in [0.15, 0.2) is 40.2 Å². The van der Waals surface area contributed by atoms with Gasteiger partial charge in [-0.25, -0.2) is 0 Å². The lowest BCUT2D eigenvalue weighted by Gasteiger charge is -2.00. The van der Waals surface area contributed by atoms with E-state index < -0.39 is 9.15 Å². The average molecular weight is 306 g/mol. The highest BCUT2D eigenvalue weighted by Crippen LogP contribution is 2.16. The van der Waals surface area contributed by atoms with E-state index in [1.54, 1.807) is 11.8 Å². The SMILES string of the molecule is NC(CSS(=O)(=O)O)=NCCSc1ccccc1. The first-order valence-corrected chi connectivity index (χ1v) is 8.98. The Morgan fingerprint density at radius 3 is 2.61 bits per heavy atom. The number of hydrogen-bond acceptors (Lipinski definition) is 5. The molecule has 0 atom stereocenters. The van der Waals surface area contributed by atoms with Crippen LogP contribution in [-0.4, -0.2) is 36.9 Å². The van der Waals surface area contributed by atoms with Gasteiger partial charge in [-0.1, -0.05) is 18.2 Å². The molecular weight excluding hydrogens is 292 g/mol. The summed E-state index contributed by atoms with van der Waals surface area (Å²) in [5, 5.41) is 0. The second-order valence-electron chi connectivity index (χ2n) is 3.22. The van der Waals surface area contributed by atoms with Crippen molar-refractivity contribution in [3.63, 3.8) is 0 Å². The predicted molar refractivity (Wildman–Crippen MR) is 77.7 cm³/mol. The van der Waals surface area contributed by atoms with E-state index in [4.69, 9.17) is 10.3 Å². The highest BCUT2D eigenvalue weighted by atomic mass is 33.1. The van der Waals surface area contributed by atoms with Gasteiger partial charge in [-0.05, 0) is 12.1 Å². The van der Waals surface area contributed by atoms with Gasteiger partial charge in [-0.15, -0.1) is 11.8 Å². The number of benzene rings is 1. The van der Waals surface area contributed by atoms with E-state index >= 15 is 0 Å². The van der Waals surface area contributed by atoms with E-state index in [0.29, 0.717) is 17.3 Å². The molecule has 0 aliphatic rings. The third-order valence-corrected chi connectivity index (χ3v) is 4.72. The van der Waals surface area contributed by atoms with Gasteiger partial charge in [0.2, 0.25) is 0 Å². The van der Waals surface area contributed by atoms with E-state index in [9.17, 15) is 8.42 Å². The van der Waals surface area contributed by atoms with Crippen LogP contribution in [0.4, 0.5) is 0 Å². The van der Waals surface area contributed by atoms with Gasteiger partial charge in [-0.3, -0.25) is 9.55 Å². The van der Waals surface area contributed by atoms with Crippen molar-refractivity contribution in [3.05, 3.63) is 30.3 Å². The molecule has 3 N–H and O–H groups in total. The molecule has 18 heavy (non-hydrogen) atoms. The van der Waals surface area contributed by atoms with Gasteiger partial charge in [-0.2, -0.15) is 8.42 Å². The third-order valence-electron chi connectivity index (χ3n) is 1.77. The summed E-state index contributed by atoms with van der Waals surface area (Å²) in [5.41, 5.74) is 5.50. The molecular formula is C10H14N2O3S3. The van der Waals surface area contributed by atoms with Crippen molar-refractivity contribution in [3.8, 4) is 0 Å². The molecule has 100 valence electrons. The minimum atomic E-state index is -4.04. The molecule has 0 heterocycles. The fourth-order valence-electron chi connectivity index (χ4n) is 1.05. The zero-order chi connectivity index (χ0) is 13.4. The van der Waals surface area contributed by atoms with E-state index in [1.807, 2.05) is 30.3 Å². The zero-order valence-electron chi connectivity index (χ0n) is 9.52. The van der Waals surface area contributed by atoms with Crippen molar-refractivity contribution in [1.29, 1.82) is 0 Å². The van der Waals surface area contributed by atoms with Gasteiger partial charge in [0.05, 0.1) is 12.3 Å². The molecule has 1 rings (SSSR count). The van der Waals surface area contributed by atoms with Gasteiger partial charge >= 0.3 is 9.15 Å². The van der Waals surface area contributed by atoms with E-state index in [1.165, 1.54) is 0 Å². The number of rotatable bonds is 7. The summed E-state index contributed by atoms with van der Waals surface area (Å²) >= 11 is 1.65. The summed E-state index contributed by atoms with van der Waals surface area (Å²) in [7, 11) is -3.68. The molecule has 8 heteroatoms. The van der Waals surface area contributed by atoms with E-state index in [-0.39, 0.29) is 11.6 Å². The molecule has 0 aliphatic carbocycles. The number of nitrogens with two attached hydrogens (primary N) is 1. The van der Waals surface area contributed by atoms with Crippen molar-refractivity contribution in [2.75, 3.05) is 18.1 Å². The van der Waals surface area contributed by atoms with Crippen LogP contribution in [0.2, 0.25) is 0 Å². The number of thioether (sulfide) groups is 1. The normalized spacial score (nSPS) is 12.6. The molecule has 0 amide bonds. The summed E-state index contributed by atoms with van der Waals surface area (Å²) in [4.78, 5) is 5.17. The minimum absolute atomic E-state index is 0.0190. The Bertz CT molecular complexity index is 488. The molecule has 1 aromatic carbocycles. The second kappa shape index (κ2) is 7.67. The Balaban J connectivity index is 2.24. The number of amidine groups is 1. The van der Waals surface area contributed by atoms with Crippen molar-refractivity contribution >= 4 is 37.5 Å². The molecule has 0 saturated carbocycles. The number of hydrogen-bond donors (Lipinski definition) is 2. The van der Waals surface area contributed by atoms with E-state index in [0.717, 1.165) is 10.6 Å². The molecule has 0 saturated heterocycles. The summed E-state index contributed by atoms with van der Waals surface area (Å²) in [6.07, 6.45) is 0. The Hall–Kier alpha value is -0.700. The Kier molecular flexibility index (Phi) is 6.55. The fourth-order valence-corrected chi connectivity index (χ4v) is 2.99. The van der Waals surface area contributed by atoms with Crippen molar-refractivity contribution < 1.29 is 13.0 Å². The summed E-state index contributed by atoms with van der Waals surface area (Å²) in [5.74, 6) is 0.960. The van der Waals surface area contributed by atoms with Crippen molar-refractivity contribution in [2.45, 2.75) is 4.90 Å². The van der Waals surface area contributed by atoms with Crippen molar-refractivity contribution in [1.82, 2.24) is 0 Å². The number of aliphatic imine (C=N–C) groups is 1. The largest absolute Gasteiger partial charge is 0.387 e. The van der Waals surface area contributed by atoms with Gasteiger partial charge in [0, 0.05) is 21.4 Å². The zero-order valence-corrected chi connectivity index (χ0v) is 12.0. The van der Waals surface area contributed by atoms with Crippen LogP contribution >= 0.6 is 22.6 Å². The van der Waals surface area contributed by atoms with Crippen molar-refractivity contribution in [2.24, 2.45) is 10.7 Å². The van der Waals surface area contributed by atoms with Gasteiger partial charge in [0.1, 0.15) is 5.84 Å². The first kappa shape index (κ1) is 15.4. The van der Waals surface area contributed by atoms with Crippen LogP contribution in [0.5, 0.6) is 0 Å². The Labute approximate surface area is 114 Å². The van der Waals surface area contributed by atoms with Crippen LogP contribution in [0.1, 0.15) is 0 Å². The van der Waals surface area contributed by atoms with Crippen LogP contribution < -0.4 is 5.73 Å². The quantitative estimate of drug-likeness (QED) is 0.199. The third kappa shape index (κ3) is 7.59. The molecule has 5 nitrogen and oxygen atoms in total. The highest BCUT2D eigenvalue weighted by Gasteiger charge is 2.06. The molecule has 0 bridgehead atoms. The second-order valence-corrected chi connectivity index (χ2v) is 7.74. The Morgan fingerprint density at radius 2 is 2.00 bits per heavy atom. The smallest absolute Gasteiger partial charge is 0.320 e. The lowest BCUT2D eigenvalue weighted by atomic mass is 10.4. The van der Waals surface area contributed by atoms with Crippen LogP contribution in [0.25, 0.3) is 0 Å². The lowest BCUT2D eigenvalue weighted by molar-refractivity contribution is 0.503. The monoisotopic (exact) mass is 306 g/mol. The summed E-state index contributed by atoms with van der Waals surface area (Å²) in [6.45, 7) is 0.511. The van der Waals surface area contributed by atoms with E-state index in [2.05, 4.69) is 4.99 Å². The average Bonchev–Trinajstić information content (AvgIpc) is 2.33. The minimum Gasteiger partial charge on any atom is -0.387 e. The lowest BCUT2D eigenvalue weighted by Crippen LogP contribution is -2.16. The van der Waals surface area contributed by atoms with Gasteiger partial charge in [0.15, 0.2) is 0 Å². The fraction of sp³-hybridized carbons (Fsp3) is 0.300. The molecule has 1 aromatic rings. The summed E-state index contributed by atoms with van der Waals surface area (Å²) in [6, 6.07) is 9.88. The number of nitrogens with zero attached hydrogens (tertiary/aromatic N) is 1. The summed E-state index contributed by atoms with van der Waals surface area (Å²) < 4.78 is 29.4. The standard InChI is InChI=1S/C10H14N2O3S3/c11-10(8-17-18(13,14)15)12-6-7-16-9-4-2-1-3-5-9/h1-5H,6-8H2,(H2,11,12)(H,13,14,15). The maximum atomic E-state index is 10.5.